The number of rotatable bonds is 5. The zero-order valence-corrected chi connectivity index (χ0v) is 14.2. The Morgan fingerprint density at radius 3 is 2.70 bits per heavy atom. The van der Waals surface area contributed by atoms with E-state index in [1.165, 1.54) is 58.2 Å². The number of nitrogens with one attached hydrogen (secondary N) is 1. The Hall–Kier alpha value is -0.0800. The molecule has 0 aromatic carbocycles. The molecule has 2 heteroatoms. The third-order valence-electron chi connectivity index (χ3n) is 5.97. The van der Waals surface area contributed by atoms with Gasteiger partial charge in [-0.2, -0.15) is 0 Å². The van der Waals surface area contributed by atoms with E-state index in [4.69, 9.17) is 0 Å². The Kier molecular flexibility index (Phi) is 6.35. The molecule has 1 aliphatic carbocycles. The quantitative estimate of drug-likeness (QED) is 0.821. The van der Waals surface area contributed by atoms with E-state index in [-0.39, 0.29) is 0 Å². The van der Waals surface area contributed by atoms with Gasteiger partial charge in [-0.15, -0.1) is 0 Å². The van der Waals surface area contributed by atoms with Crippen LogP contribution in [0.4, 0.5) is 0 Å². The third kappa shape index (κ3) is 4.21. The average Bonchev–Trinajstić information content (AvgIpc) is 2.44. The summed E-state index contributed by atoms with van der Waals surface area (Å²) < 4.78 is 0. The normalized spacial score (nSPS) is 37.8. The minimum absolute atomic E-state index is 0.687. The van der Waals surface area contributed by atoms with Gasteiger partial charge in [-0.05, 0) is 63.5 Å². The lowest BCUT2D eigenvalue weighted by molar-refractivity contribution is 0.127. The molecule has 0 radical (unpaired) electrons. The highest BCUT2D eigenvalue weighted by Gasteiger charge is 2.31. The first-order valence-corrected chi connectivity index (χ1v) is 9.10. The van der Waals surface area contributed by atoms with Gasteiger partial charge in [0.25, 0.3) is 0 Å². The zero-order valence-electron chi connectivity index (χ0n) is 14.2. The van der Waals surface area contributed by atoms with E-state index in [1.54, 1.807) is 0 Å². The van der Waals surface area contributed by atoms with Gasteiger partial charge < -0.3 is 10.2 Å². The molecule has 1 aliphatic heterocycles. The van der Waals surface area contributed by atoms with Crippen LogP contribution in [0.15, 0.2) is 0 Å². The van der Waals surface area contributed by atoms with Crippen LogP contribution in [-0.4, -0.2) is 36.6 Å². The van der Waals surface area contributed by atoms with Gasteiger partial charge in [0.05, 0.1) is 0 Å². The largest absolute Gasteiger partial charge is 0.311 e. The van der Waals surface area contributed by atoms with E-state index in [0.717, 1.165) is 23.8 Å². The Balaban J connectivity index is 1.82. The molecule has 0 aromatic rings. The van der Waals surface area contributed by atoms with Crippen molar-refractivity contribution in [2.75, 3.05) is 19.6 Å². The fourth-order valence-corrected chi connectivity index (χ4v) is 4.31. The van der Waals surface area contributed by atoms with Gasteiger partial charge in [-0.3, -0.25) is 0 Å². The van der Waals surface area contributed by atoms with E-state index in [2.05, 4.69) is 37.9 Å². The maximum Gasteiger partial charge on any atom is 0.00978 e. The lowest BCUT2D eigenvalue weighted by atomic mass is 9.77. The van der Waals surface area contributed by atoms with Gasteiger partial charge >= 0.3 is 0 Å². The first kappa shape index (κ1) is 16.3. The minimum Gasteiger partial charge on any atom is -0.311 e. The molecule has 1 heterocycles. The summed E-state index contributed by atoms with van der Waals surface area (Å²) in [6.07, 6.45) is 8.36. The molecule has 0 aromatic heterocycles. The van der Waals surface area contributed by atoms with Gasteiger partial charge in [-0.1, -0.05) is 33.6 Å². The van der Waals surface area contributed by atoms with Crippen molar-refractivity contribution in [2.45, 2.75) is 78.3 Å². The van der Waals surface area contributed by atoms with Crippen LogP contribution in [0.3, 0.4) is 0 Å². The van der Waals surface area contributed by atoms with Crippen LogP contribution < -0.4 is 5.32 Å². The van der Waals surface area contributed by atoms with Crippen LogP contribution in [0, 0.1) is 17.8 Å². The Labute approximate surface area is 126 Å². The van der Waals surface area contributed by atoms with Crippen molar-refractivity contribution in [1.29, 1.82) is 0 Å². The third-order valence-corrected chi connectivity index (χ3v) is 5.97. The van der Waals surface area contributed by atoms with Gasteiger partial charge in [-0.25, -0.2) is 0 Å². The topological polar surface area (TPSA) is 15.3 Å². The number of hydrogen-bond donors (Lipinski definition) is 1. The fourth-order valence-electron chi connectivity index (χ4n) is 4.31. The van der Waals surface area contributed by atoms with E-state index in [0.29, 0.717) is 6.04 Å². The van der Waals surface area contributed by atoms with Gasteiger partial charge in [0.2, 0.25) is 0 Å². The van der Waals surface area contributed by atoms with Gasteiger partial charge in [0.15, 0.2) is 0 Å². The second kappa shape index (κ2) is 7.79. The fraction of sp³-hybridized carbons (Fsp3) is 1.00. The van der Waals surface area contributed by atoms with Crippen molar-refractivity contribution in [2.24, 2.45) is 17.8 Å². The predicted molar refractivity (Wildman–Crippen MR) is 88.0 cm³/mol. The van der Waals surface area contributed by atoms with Crippen LogP contribution in [0.2, 0.25) is 0 Å². The molecular weight excluding hydrogens is 244 g/mol. The zero-order chi connectivity index (χ0) is 14.5. The van der Waals surface area contributed by atoms with Crippen molar-refractivity contribution in [3.05, 3.63) is 0 Å². The summed E-state index contributed by atoms with van der Waals surface area (Å²) in [6, 6.07) is 1.45. The summed E-state index contributed by atoms with van der Waals surface area (Å²) in [4.78, 5) is 2.68. The molecule has 1 saturated carbocycles. The summed E-state index contributed by atoms with van der Waals surface area (Å²) in [5.74, 6) is 2.61. The molecule has 0 amide bonds. The molecule has 1 saturated heterocycles. The number of hydrogen-bond acceptors (Lipinski definition) is 2. The first-order chi connectivity index (χ1) is 9.61. The lowest BCUT2D eigenvalue weighted by Gasteiger charge is -2.41. The molecule has 0 bridgehead atoms. The number of likely N-dealkylation sites (tertiary alicyclic amines) is 1. The van der Waals surface area contributed by atoms with Crippen molar-refractivity contribution < 1.29 is 0 Å². The molecule has 2 aliphatic rings. The summed E-state index contributed by atoms with van der Waals surface area (Å²) in [5.41, 5.74) is 0. The van der Waals surface area contributed by atoms with E-state index >= 15 is 0 Å². The maximum atomic E-state index is 4.00. The van der Waals surface area contributed by atoms with Crippen molar-refractivity contribution in [3.63, 3.8) is 0 Å². The van der Waals surface area contributed by atoms with Crippen LogP contribution >= 0.6 is 0 Å². The summed E-state index contributed by atoms with van der Waals surface area (Å²) in [5, 5.41) is 4.00. The lowest BCUT2D eigenvalue weighted by Crippen LogP contribution is -2.50. The van der Waals surface area contributed by atoms with E-state index in [1.807, 2.05) is 0 Å². The predicted octanol–water partition coefficient (Wildman–Crippen LogP) is 3.91. The smallest absolute Gasteiger partial charge is 0.00978 e. The summed E-state index contributed by atoms with van der Waals surface area (Å²) in [7, 11) is 0. The van der Waals surface area contributed by atoms with Crippen molar-refractivity contribution >= 4 is 0 Å². The van der Waals surface area contributed by atoms with Gasteiger partial charge in [0.1, 0.15) is 0 Å². The second-order valence-electron chi connectivity index (χ2n) is 7.53. The highest BCUT2D eigenvalue weighted by atomic mass is 15.1. The Morgan fingerprint density at radius 1 is 1.15 bits per heavy atom. The SMILES string of the molecule is CCCN1CCCC(C(C)NC2CCCC(C)C2C)C1. The first-order valence-electron chi connectivity index (χ1n) is 9.10. The standard InChI is InChI=1S/C18H36N2/c1-5-11-20-12-7-9-17(13-20)16(4)19-18-10-6-8-14(2)15(18)3/h14-19H,5-13H2,1-4H3. The average molecular weight is 280 g/mol. The van der Waals surface area contributed by atoms with E-state index < -0.39 is 0 Å². The molecule has 2 fully saturated rings. The van der Waals surface area contributed by atoms with Crippen molar-refractivity contribution in [1.82, 2.24) is 10.2 Å². The summed E-state index contributed by atoms with van der Waals surface area (Å²) >= 11 is 0. The molecule has 2 rings (SSSR count). The minimum atomic E-state index is 0.687. The molecule has 5 atom stereocenters. The number of piperidine rings is 1. The van der Waals surface area contributed by atoms with Crippen LogP contribution in [0.5, 0.6) is 0 Å². The molecule has 1 N–H and O–H groups in total. The molecule has 5 unspecified atom stereocenters. The van der Waals surface area contributed by atoms with Crippen LogP contribution in [0.25, 0.3) is 0 Å². The Morgan fingerprint density at radius 2 is 1.95 bits per heavy atom. The monoisotopic (exact) mass is 280 g/mol. The maximum absolute atomic E-state index is 4.00. The van der Waals surface area contributed by atoms with E-state index in [9.17, 15) is 0 Å². The molecule has 2 nitrogen and oxygen atoms in total. The van der Waals surface area contributed by atoms with Crippen molar-refractivity contribution in [3.8, 4) is 0 Å². The Bertz CT molecular complexity index is 277. The highest BCUT2D eigenvalue weighted by Crippen LogP contribution is 2.30. The van der Waals surface area contributed by atoms with Gasteiger partial charge in [0, 0.05) is 18.6 Å². The van der Waals surface area contributed by atoms with Crippen LogP contribution in [-0.2, 0) is 0 Å². The second-order valence-corrected chi connectivity index (χ2v) is 7.53. The van der Waals surface area contributed by atoms with Crippen LogP contribution in [0.1, 0.15) is 66.2 Å². The molecule has 20 heavy (non-hydrogen) atoms. The highest BCUT2D eigenvalue weighted by molar-refractivity contribution is 4.87. The molecule has 0 spiro atoms. The summed E-state index contributed by atoms with van der Waals surface area (Å²) in [6.45, 7) is 13.6. The number of nitrogens with zero attached hydrogens (tertiary/aromatic N) is 1. The molecule has 118 valence electrons. The molecular formula is C18H36N2.